The number of nitrogens with zero attached hydrogens (tertiary/aromatic N) is 2. The van der Waals surface area contributed by atoms with Crippen LogP contribution in [0.1, 0.15) is 54.3 Å². The minimum Gasteiger partial charge on any atom is -0.494 e. The molecule has 2 aromatic carbocycles. The highest BCUT2D eigenvalue weighted by atomic mass is 32.1. The van der Waals surface area contributed by atoms with Crippen LogP contribution in [0.4, 0.5) is 9.93 Å². The average Bonchev–Trinajstić information content (AvgIpc) is 3.45. The van der Waals surface area contributed by atoms with E-state index in [2.05, 4.69) is 15.6 Å². The molecule has 186 valence electrons. The maximum absolute atomic E-state index is 13.5. The molecule has 0 bridgehead atoms. The van der Waals surface area contributed by atoms with E-state index < -0.39 is 35.8 Å². The first kappa shape index (κ1) is 25.1. The van der Waals surface area contributed by atoms with E-state index in [0.717, 1.165) is 21.8 Å². The summed E-state index contributed by atoms with van der Waals surface area (Å²) in [6.45, 7) is 5.55. The van der Waals surface area contributed by atoms with Crippen molar-refractivity contribution in [3.8, 4) is 5.75 Å². The molecular weight excluding hydrogens is 480 g/mol. The Hall–Kier alpha value is -4.05. The van der Waals surface area contributed by atoms with E-state index >= 15 is 0 Å². The van der Waals surface area contributed by atoms with Gasteiger partial charge in [-0.25, -0.2) is 14.7 Å². The van der Waals surface area contributed by atoms with Crippen LogP contribution in [0.5, 0.6) is 5.75 Å². The topological polar surface area (TPSA) is 118 Å². The molecule has 3 aromatic rings. The number of nitrogens with one attached hydrogen (secondary N) is 2. The van der Waals surface area contributed by atoms with Crippen LogP contribution in [0.15, 0.2) is 60.0 Å². The van der Waals surface area contributed by atoms with Crippen LogP contribution in [-0.4, -0.2) is 46.2 Å². The number of imide groups is 1. The van der Waals surface area contributed by atoms with Crippen LogP contribution in [0.2, 0.25) is 0 Å². The lowest BCUT2D eigenvalue weighted by atomic mass is 9.91. The van der Waals surface area contributed by atoms with Gasteiger partial charge >= 0.3 is 6.03 Å². The third-order valence-corrected chi connectivity index (χ3v) is 6.69. The molecule has 1 saturated heterocycles. The molecule has 4 rings (SSSR count). The van der Waals surface area contributed by atoms with Crippen molar-refractivity contribution in [3.63, 3.8) is 0 Å². The van der Waals surface area contributed by atoms with Gasteiger partial charge in [0.2, 0.25) is 5.91 Å². The number of ketones is 1. The predicted octanol–water partition coefficient (Wildman–Crippen LogP) is 4.15. The molecule has 4 amide bonds. The van der Waals surface area contributed by atoms with Gasteiger partial charge in [-0.3, -0.25) is 14.4 Å². The lowest BCUT2D eigenvalue weighted by Crippen LogP contribution is -2.50. The van der Waals surface area contributed by atoms with Crippen molar-refractivity contribution < 1.29 is 23.9 Å². The van der Waals surface area contributed by atoms with Gasteiger partial charge in [0.15, 0.2) is 10.9 Å². The number of rotatable bonds is 9. The molecule has 1 aromatic heterocycles. The number of ether oxygens (including phenoxy) is 1. The Morgan fingerprint density at radius 1 is 1.14 bits per heavy atom. The molecule has 2 N–H and O–H groups in total. The molecule has 36 heavy (non-hydrogen) atoms. The van der Waals surface area contributed by atoms with E-state index in [0.29, 0.717) is 17.9 Å². The van der Waals surface area contributed by atoms with E-state index in [1.54, 1.807) is 36.6 Å². The Labute approximate surface area is 212 Å². The highest BCUT2D eigenvalue weighted by Crippen LogP contribution is 2.32. The summed E-state index contributed by atoms with van der Waals surface area (Å²) in [5, 5.41) is 7.15. The van der Waals surface area contributed by atoms with Gasteiger partial charge in [-0.2, -0.15) is 0 Å². The van der Waals surface area contributed by atoms with Crippen molar-refractivity contribution >= 4 is 40.1 Å². The van der Waals surface area contributed by atoms with Crippen LogP contribution in [0.25, 0.3) is 0 Å². The Bertz CT molecular complexity index is 1280. The third-order valence-electron chi connectivity index (χ3n) is 5.94. The summed E-state index contributed by atoms with van der Waals surface area (Å²) in [5.41, 5.74) is 1.59. The first-order chi connectivity index (χ1) is 17.3. The molecule has 0 saturated carbocycles. The normalized spacial score (nSPS) is 16.9. The van der Waals surface area contributed by atoms with Gasteiger partial charge in [0.1, 0.15) is 23.5 Å². The number of hydrogen-bond acceptors (Lipinski definition) is 7. The Morgan fingerprint density at radius 2 is 1.83 bits per heavy atom. The summed E-state index contributed by atoms with van der Waals surface area (Å²) >= 11 is 1.10. The zero-order valence-corrected chi connectivity index (χ0v) is 20.9. The number of urea groups is 1. The van der Waals surface area contributed by atoms with Crippen LogP contribution in [0, 0.1) is 0 Å². The second kappa shape index (κ2) is 10.7. The monoisotopic (exact) mass is 506 g/mol. The van der Waals surface area contributed by atoms with Gasteiger partial charge < -0.3 is 15.4 Å². The lowest BCUT2D eigenvalue weighted by molar-refractivity contribution is -0.134. The summed E-state index contributed by atoms with van der Waals surface area (Å²) in [5.74, 6) is -1.21. The first-order valence-electron chi connectivity index (χ1n) is 11.5. The summed E-state index contributed by atoms with van der Waals surface area (Å²) in [7, 11) is 0. The van der Waals surface area contributed by atoms with Gasteiger partial charge in [-0.05, 0) is 30.2 Å². The van der Waals surface area contributed by atoms with Crippen molar-refractivity contribution in [2.75, 3.05) is 11.9 Å². The fourth-order valence-corrected chi connectivity index (χ4v) is 4.84. The van der Waals surface area contributed by atoms with Gasteiger partial charge in [0, 0.05) is 18.2 Å². The fraction of sp³-hybridized carbons (Fsp3) is 0.269. The molecule has 0 spiro atoms. The average molecular weight is 507 g/mol. The van der Waals surface area contributed by atoms with E-state index in [-0.39, 0.29) is 16.6 Å². The largest absolute Gasteiger partial charge is 0.494 e. The molecule has 0 aliphatic carbocycles. The van der Waals surface area contributed by atoms with E-state index in [1.807, 2.05) is 37.3 Å². The second-order valence-electron chi connectivity index (χ2n) is 8.32. The lowest BCUT2D eigenvalue weighted by Gasteiger charge is -2.29. The van der Waals surface area contributed by atoms with Gasteiger partial charge in [0.25, 0.3) is 5.91 Å². The van der Waals surface area contributed by atoms with Crippen molar-refractivity contribution in [2.45, 2.75) is 38.8 Å². The molecule has 10 heteroatoms. The minimum atomic E-state index is -1.16. The zero-order chi connectivity index (χ0) is 25.8. The standard InChI is InChI=1S/C26H26N4O5S/c1-4-35-19-12-10-18(11-13-19)21-24(33)30(26(34)28-21)22(15(2)17-8-6-5-7-9-17)23(32)29-25-27-20(14-36-25)16(3)31/h5-15,21-22H,4H2,1-3H3,(H,28,34)(H,27,29,32)/t15-,21?,22-/m0/s1. The number of benzene rings is 2. The van der Waals surface area contributed by atoms with Crippen molar-refractivity contribution in [1.82, 2.24) is 15.2 Å². The highest BCUT2D eigenvalue weighted by molar-refractivity contribution is 7.14. The fourth-order valence-electron chi connectivity index (χ4n) is 4.09. The minimum absolute atomic E-state index is 0.213. The summed E-state index contributed by atoms with van der Waals surface area (Å²) in [6.07, 6.45) is 0. The maximum Gasteiger partial charge on any atom is 0.325 e. The van der Waals surface area contributed by atoms with E-state index in [4.69, 9.17) is 4.74 Å². The van der Waals surface area contributed by atoms with Crippen LogP contribution in [-0.2, 0) is 9.59 Å². The maximum atomic E-state index is 13.5. The number of hydrogen-bond donors (Lipinski definition) is 2. The molecule has 3 atom stereocenters. The quantitative estimate of drug-likeness (QED) is 0.333. The number of thiazole rings is 1. The van der Waals surface area contributed by atoms with Crippen LogP contribution < -0.4 is 15.4 Å². The number of aromatic nitrogens is 1. The molecular formula is C26H26N4O5S. The van der Waals surface area contributed by atoms with Crippen LogP contribution in [0.3, 0.4) is 0 Å². The number of carbonyl (C=O) groups excluding carboxylic acids is 4. The molecule has 1 aliphatic rings. The van der Waals surface area contributed by atoms with E-state index in [9.17, 15) is 19.2 Å². The zero-order valence-electron chi connectivity index (χ0n) is 20.1. The SMILES string of the molecule is CCOc1ccc(C2NC(=O)N([C@H](C(=O)Nc3nc(C(C)=O)cs3)[C@@H](C)c3ccccc3)C2=O)cc1. The smallest absolute Gasteiger partial charge is 0.325 e. The summed E-state index contributed by atoms with van der Waals surface area (Å²) < 4.78 is 5.45. The van der Waals surface area contributed by atoms with Gasteiger partial charge in [-0.1, -0.05) is 49.4 Å². The van der Waals surface area contributed by atoms with Crippen molar-refractivity contribution in [2.24, 2.45) is 0 Å². The Morgan fingerprint density at radius 3 is 2.44 bits per heavy atom. The molecule has 0 radical (unpaired) electrons. The van der Waals surface area contributed by atoms with Crippen LogP contribution >= 0.6 is 11.3 Å². The molecule has 1 aliphatic heterocycles. The van der Waals surface area contributed by atoms with Crippen molar-refractivity contribution in [1.29, 1.82) is 0 Å². The predicted molar refractivity (Wildman–Crippen MR) is 135 cm³/mol. The molecule has 2 heterocycles. The van der Waals surface area contributed by atoms with E-state index in [1.165, 1.54) is 6.92 Å². The highest BCUT2D eigenvalue weighted by Gasteiger charge is 2.47. The number of Topliss-reactive ketones (excluding diaryl/α,β-unsaturated/α-hetero) is 1. The molecule has 9 nitrogen and oxygen atoms in total. The second-order valence-corrected chi connectivity index (χ2v) is 9.18. The van der Waals surface area contributed by atoms with Gasteiger partial charge in [-0.15, -0.1) is 11.3 Å². The molecule has 1 fully saturated rings. The van der Waals surface area contributed by atoms with Gasteiger partial charge in [0.05, 0.1) is 6.61 Å². The first-order valence-corrected chi connectivity index (χ1v) is 12.4. The Kier molecular flexibility index (Phi) is 7.44. The number of carbonyl (C=O) groups is 4. The summed E-state index contributed by atoms with van der Waals surface area (Å²) in [4.78, 5) is 56.9. The third kappa shape index (κ3) is 5.13. The number of amides is 4. The Balaban J connectivity index is 1.64. The number of anilines is 1. The summed E-state index contributed by atoms with van der Waals surface area (Å²) in [6, 6.07) is 13.3. The van der Waals surface area contributed by atoms with Crippen molar-refractivity contribution in [3.05, 3.63) is 76.8 Å². The molecule has 1 unspecified atom stereocenters.